The molecule has 2 aromatic rings. The van der Waals surface area contributed by atoms with E-state index in [4.69, 9.17) is 10.00 Å². The summed E-state index contributed by atoms with van der Waals surface area (Å²) < 4.78 is 12.3. The maximum Gasteiger partial charge on any atom is 0.327 e. The van der Waals surface area contributed by atoms with Crippen molar-refractivity contribution in [3.05, 3.63) is 33.0 Å². The zero-order valence-corrected chi connectivity index (χ0v) is 14.4. The second kappa shape index (κ2) is 6.61. The molecule has 0 N–H and O–H groups in total. The van der Waals surface area contributed by atoms with Crippen LogP contribution < -0.4 is 10.3 Å². The van der Waals surface area contributed by atoms with E-state index in [1.807, 2.05) is 0 Å². The number of nitrogens with zero attached hydrogens (tertiary/aromatic N) is 3. The fourth-order valence-electron chi connectivity index (χ4n) is 2.53. The Bertz CT molecular complexity index is 897. The van der Waals surface area contributed by atoms with Crippen LogP contribution in [0.2, 0.25) is 0 Å². The van der Waals surface area contributed by atoms with E-state index in [1.54, 1.807) is 18.2 Å². The van der Waals surface area contributed by atoms with Crippen LogP contribution in [-0.2, 0) is 16.1 Å². The predicted molar refractivity (Wildman–Crippen MR) is 88.5 cm³/mol. The molecule has 124 valence electrons. The number of fused-ring (bicyclic) bond motifs is 1. The first-order chi connectivity index (χ1) is 11.5. The molecule has 1 saturated carbocycles. The van der Waals surface area contributed by atoms with Gasteiger partial charge in [0.1, 0.15) is 12.6 Å². The highest BCUT2D eigenvalue weighted by molar-refractivity contribution is 9.10. The minimum atomic E-state index is -0.569. The summed E-state index contributed by atoms with van der Waals surface area (Å²) in [4.78, 5) is 24.0. The molecule has 7 nitrogen and oxygen atoms in total. The normalized spacial score (nSPS) is 19.4. The summed E-state index contributed by atoms with van der Waals surface area (Å²) in [6.07, 6.45) is 1.14. The Morgan fingerprint density at radius 2 is 2.21 bits per heavy atom. The lowest BCUT2D eigenvalue weighted by Gasteiger charge is -2.30. The number of rotatable bonds is 4. The predicted octanol–water partition coefficient (Wildman–Crippen LogP) is 2.01. The molecule has 1 aromatic heterocycles. The fraction of sp³-hybridized carbons (Fsp3) is 0.375. The van der Waals surface area contributed by atoms with Gasteiger partial charge in [0.2, 0.25) is 5.88 Å². The van der Waals surface area contributed by atoms with Gasteiger partial charge >= 0.3 is 5.97 Å². The molecule has 0 unspecified atom stereocenters. The van der Waals surface area contributed by atoms with Crippen LogP contribution in [-0.4, -0.2) is 29.0 Å². The molecule has 0 amide bonds. The highest BCUT2D eigenvalue weighted by Crippen LogP contribution is 2.32. The molecule has 0 bridgehead atoms. The quantitative estimate of drug-likeness (QED) is 0.739. The fourth-order valence-corrected chi connectivity index (χ4v) is 2.90. The van der Waals surface area contributed by atoms with Crippen LogP contribution >= 0.6 is 15.9 Å². The van der Waals surface area contributed by atoms with Gasteiger partial charge in [0.15, 0.2) is 0 Å². The van der Waals surface area contributed by atoms with E-state index in [9.17, 15) is 9.59 Å². The zero-order chi connectivity index (χ0) is 17.3. The van der Waals surface area contributed by atoms with Gasteiger partial charge in [0.25, 0.3) is 5.56 Å². The van der Waals surface area contributed by atoms with E-state index < -0.39 is 11.5 Å². The summed E-state index contributed by atoms with van der Waals surface area (Å²) >= 11 is 3.37. The number of hydrogen-bond acceptors (Lipinski definition) is 6. The molecule has 1 heterocycles. The molecule has 1 aliphatic carbocycles. The first-order valence-electron chi connectivity index (χ1n) is 7.35. The third-order valence-electron chi connectivity index (χ3n) is 3.95. The monoisotopic (exact) mass is 391 g/mol. The summed E-state index contributed by atoms with van der Waals surface area (Å²) in [5.74, 6) is -0.301. The third-order valence-corrected chi connectivity index (χ3v) is 4.44. The lowest BCUT2D eigenvalue weighted by Crippen LogP contribution is -2.34. The minimum absolute atomic E-state index is 0.00558. The van der Waals surface area contributed by atoms with Crippen LogP contribution in [0, 0.1) is 17.2 Å². The molecule has 1 aliphatic rings. The first-order valence-corrected chi connectivity index (χ1v) is 8.14. The van der Waals surface area contributed by atoms with E-state index in [1.165, 1.54) is 7.11 Å². The minimum Gasteiger partial charge on any atom is -0.473 e. The largest absolute Gasteiger partial charge is 0.473 e. The van der Waals surface area contributed by atoms with Gasteiger partial charge in [-0.25, -0.2) is 4.68 Å². The van der Waals surface area contributed by atoms with Gasteiger partial charge < -0.3 is 9.47 Å². The van der Waals surface area contributed by atoms with Crippen molar-refractivity contribution in [2.45, 2.75) is 25.5 Å². The number of carbonyl (C=O) groups excluding carboxylic acids is 1. The van der Waals surface area contributed by atoms with Crippen molar-refractivity contribution in [1.82, 2.24) is 9.78 Å². The second-order valence-corrected chi connectivity index (χ2v) is 6.49. The Kier molecular flexibility index (Phi) is 4.53. The van der Waals surface area contributed by atoms with Gasteiger partial charge in [-0.1, -0.05) is 15.9 Å². The van der Waals surface area contributed by atoms with E-state index in [2.05, 4.69) is 31.8 Å². The van der Waals surface area contributed by atoms with Gasteiger partial charge in [0.05, 0.1) is 29.9 Å². The molecule has 0 saturated heterocycles. The Morgan fingerprint density at radius 3 is 2.88 bits per heavy atom. The van der Waals surface area contributed by atoms with E-state index in [0.717, 1.165) is 9.15 Å². The van der Waals surface area contributed by atoms with Crippen LogP contribution in [0.1, 0.15) is 12.8 Å². The van der Waals surface area contributed by atoms with Crippen molar-refractivity contribution in [1.29, 1.82) is 5.26 Å². The maximum atomic E-state index is 12.5. The molecule has 3 rings (SSSR count). The SMILES string of the molecule is COC(=O)Cn1nc(O[C@H]2C[C@@H](C#N)C2)c2cc(Br)ccc2c1=O. The van der Waals surface area contributed by atoms with Crippen molar-refractivity contribution in [3.63, 3.8) is 0 Å². The Balaban J connectivity index is 2.03. The molecular weight excluding hydrogens is 378 g/mol. The Morgan fingerprint density at radius 1 is 1.46 bits per heavy atom. The third kappa shape index (κ3) is 3.12. The number of aromatic nitrogens is 2. The van der Waals surface area contributed by atoms with Gasteiger partial charge in [-0.15, -0.1) is 5.10 Å². The van der Waals surface area contributed by atoms with Crippen molar-refractivity contribution in [2.75, 3.05) is 7.11 Å². The van der Waals surface area contributed by atoms with Crippen molar-refractivity contribution < 1.29 is 14.3 Å². The molecule has 0 atom stereocenters. The highest BCUT2D eigenvalue weighted by atomic mass is 79.9. The molecule has 0 spiro atoms. The van der Waals surface area contributed by atoms with Gasteiger partial charge in [-0.2, -0.15) is 5.26 Å². The summed E-state index contributed by atoms with van der Waals surface area (Å²) in [7, 11) is 1.25. The number of esters is 1. The van der Waals surface area contributed by atoms with Crippen LogP contribution in [0.15, 0.2) is 27.5 Å². The smallest absolute Gasteiger partial charge is 0.327 e. The van der Waals surface area contributed by atoms with E-state index in [-0.39, 0.29) is 24.4 Å². The first kappa shape index (κ1) is 16.5. The summed E-state index contributed by atoms with van der Waals surface area (Å²) in [5, 5.41) is 14.0. The number of halogens is 1. The van der Waals surface area contributed by atoms with Crippen molar-refractivity contribution in [2.24, 2.45) is 5.92 Å². The molecular formula is C16H14BrN3O4. The van der Waals surface area contributed by atoms with Crippen LogP contribution in [0.3, 0.4) is 0 Å². The number of benzene rings is 1. The van der Waals surface area contributed by atoms with Crippen LogP contribution in [0.25, 0.3) is 10.8 Å². The van der Waals surface area contributed by atoms with Crippen LogP contribution in [0.5, 0.6) is 5.88 Å². The number of hydrogen-bond donors (Lipinski definition) is 0. The standard InChI is InChI=1S/C16H14BrN3O4/c1-23-14(21)8-20-16(22)12-3-2-10(17)6-13(12)15(19-20)24-11-4-9(5-11)7-18/h2-3,6,9,11H,4-5,8H2,1H3/t9-,11+. The molecule has 24 heavy (non-hydrogen) atoms. The average Bonchev–Trinajstić information content (AvgIpc) is 2.53. The van der Waals surface area contributed by atoms with Crippen LogP contribution in [0.4, 0.5) is 0 Å². The molecule has 0 aliphatic heterocycles. The lowest BCUT2D eigenvalue weighted by atomic mass is 9.83. The average molecular weight is 392 g/mol. The second-order valence-electron chi connectivity index (χ2n) is 5.57. The molecule has 1 fully saturated rings. The Labute approximate surface area is 145 Å². The molecule has 8 heteroatoms. The van der Waals surface area contributed by atoms with E-state index in [0.29, 0.717) is 23.6 Å². The topological polar surface area (TPSA) is 94.2 Å². The summed E-state index contributed by atoms with van der Waals surface area (Å²) in [6.45, 7) is -0.289. The highest BCUT2D eigenvalue weighted by Gasteiger charge is 2.32. The zero-order valence-electron chi connectivity index (χ0n) is 12.9. The van der Waals surface area contributed by atoms with Gasteiger partial charge in [-0.3, -0.25) is 9.59 Å². The molecule has 1 aromatic carbocycles. The van der Waals surface area contributed by atoms with Crippen molar-refractivity contribution >= 4 is 32.7 Å². The number of ether oxygens (including phenoxy) is 2. The summed E-state index contributed by atoms with van der Waals surface area (Å²) in [5.41, 5.74) is -0.390. The van der Waals surface area contributed by atoms with E-state index >= 15 is 0 Å². The van der Waals surface area contributed by atoms with Gasteiger partial charge in [0, 0.05) is 17.3 Å². The lowest BCUT2D eigenvalue weighted by molar-refractivity contribution is -0.141. The van der Waals surface area contributed by atoms with Crippen molar-refractivity contribution in [3.8, 4) is 11.9 Å². The molecule has 0 radical (unpaired) electrons. The van der Waals surface area contributed by atoms with Gasteiger partial charge in [-0.05, 0) is 18.2 Å². The summed E-state index contributed by atoms with van der Waals surface area (Å²) in [6, 6.07) is 7.34. The maximum absolute atomic E-state index is 12.5. The number of carbonyl (C=O) groups is 1. The number of methoxy groups -OCH3 is 1. The Hall–Kier alpha value is -2.40. The number of nitriles is 1.